The van der Waals surface area contributed by atoms with E-state index in [0.29, 0.717) is 0 Å². The van der Waals surface area contributed by atoms with Crippen LogP contribution in [-0.4, -0.2) is 17.1 Å². The molecule has 2 unspecified atom stereocenters. The number of carbonyl (C=O) groups is 1. The molecule has 0 aliphatic heterocycles. The van der Waals surface area contributed by atoms with Crippen molar-refractivity contribution in [1.29, 1.82) is 0 Å². The van der Waals surface area contributed by atoms with Crippen molar-refractivity contribution in [1.82, 2.24) is 0 Å². The van der Waals surface area contributed by atoms with Gasteiger partial charge in [-0.25, -0.2) is 0 Å². The Bertz CT molecular complexity index is 335. The van der Waals surface area contributed by atoms with E-state index in [1.807, 2.05) is 31.2 Å². The van der Waals surface area contributed by atoms with Gasteiger partial charge < -0.3 is 16.6 Å². The van der Waals surface area contributed by atoms with Gasteiger partial charge in [0.25, 0.3) is 0 Å². The Kier molecular flexibility index (Phi) is 3.82. The molecular weight excluding hydrogens is 192 g/mol. The zero-order valence-corrected chi connectivity index (χ0v) is 8.68. The second-order valence-electron chi connectivity index (χ2n) is 3.70. The van der Waals surface area contributed by atoms with Gasteiger partial charge in [-0.3, -0.25) is 4.79 Å². The number of benzene rings is 1. The van der Waals surface area contributed by atoms with E-state index in [4.69, 9.17) is 16.6 Å². The fourth-order valence-electron chi connectivity index (χ4n) is 1.36. The second-order valence-corrected chi connectivity index (χ2v) is 3.70. The molecular formula is C11H16N2O2. The summed E-state index contributed by atoms with van der Waals surface area (Å²) in [6.45, 7) is 1.98. The molecule has 1 aromatic rings. The number of hydrogen-bond acceptors (Lipinski definition) is 3. The molecule has 15 heavy (non-hydrogen) atoms. The predicted molar refractivity (Wildman–Crippen MR) is 58.3 cm³/mol. The minimum atomic E-state index is -0.926. The normalized spacial score (nSPS) is 14.6. The first kappa shape index (κ1) is 11.7. The lowest BCUT2D eigenvalue weighted by Gasteiger charge is -2.18. The van der Waals surface area contributed by atoms with Crippen LogP contribution in [0.25, 0.3) is 0 Å². The van der Waals surface area contributed by atoms with Gasteiger partial charge in [0.05, 0.1) is 6.42 Å². The average molecular weight is 208 g/mol. The molecule has 0 saturated carbocycles. The van der Waals surface area contributed by atoms with Gasteiger partial charge in [0.15, 0.2) is 0 Å². The fourth-order valence-corrected chi connectivity index (χ4v) is 1.36. The van der Waals surface area contributed by atoms with Crippen molar-refractivity contribution in [3.8, 4) is 0 Å². The van der Waals surface area contributed by atoms with Gasteiger partial charge in [0, 0.05) is 12.1 Å². The van der Waals surface area contributed by atoms with E-state index in [0.717, 1.165) is 11.1 Å². The molecule has 2 atom stereocenters. The third kappa shape index (κ3) is 3.34. The Balaban J connectivity index is 2.71. The molecule has 4 heteroatoms. The summed E-state index contributed by atoms with van der Waals surface area (Å²) in [5.41, 5.74) is 13.5. The van der Waals surface area contributed by atoms with Crippen LogP contribution in [-0.2, 0) is 4.79 Å². The quantitative estimate of drug-likeness (QED) is 0.682. The molecule has 0 fully saturated rings. The maximum absolute atomic E-state index is 10.5. The maximum Gasteiger partial charge on any atom is 0.304 e. The first-order chi connectivity index (χ1) is 7.00. The molecule has 0 bridgehead atoms. The van der Waals surface area contributed by atoms with E-state index in [1.54, 1.807) is 0 Å². The van der Waals surface area contributed by atoms with Crippen LogP contribution in [0.1, 0.15) is 23.6 Å². The van der Waals surface area contributed by atoms with Crippen LogP contribution in [0.4, 0.5) is 0 Å². The topological polar surface area (TPSA) is 89.3 Å². The molecule has 0 aromatic heterocycles. The third-order valence-corrected chi connectivity index (χ3v) is 2.33. The lowest BCUT2D eigenvalue weighted by molar-refractivity contribution is -0.137. The molecule has 1 rings (SSSR count). The molecule has 5 N–H and O–H groups in total. The number of aliphatic carboxylic acids is 1. The largest absolute Gasteiger partial charge is 0.481 e. The van der Waals surface area contributed by atoms with Crippen LogP contribution in [0.3, 0.4) is 0 Å². The van der Waals surface area contributed by atoms with Gasteiger partial charge in [-0.2, -0.15) is 0 Å². The molecule has 0 heterocycles. The van der Waals surface area contributed by atoms with Crippen molar-refractivity contribution >= 4 is 5.97 Å². The van der Waals surface area contributed by atoms with Crippen LogP contribution >= 0.6 is 0 Å². The van der Waals surface area contributed by atoms with Crippen molar-refractivity contribution in [2.24, 2.45) is 11.5 Å². The van der Waals surface area contributed by atoms with Crippen LogP contribution < -0.4 is 11.5 Å². The van der Waals surface area contributed by atoms with Gasteiger partial charge in [-0.05, 0) is 12.5 Å². The number of hydrogen-bond donors (Lipinski definition) is 3. The highest BCUT2D eigenvalue weighted by Crippen LogP contribution is 2.15. The van der Waals surface area contributed by atoms with Crippen LogP contribution in [0.2, 0.25) is 0 Å². The standard InChI is InChI=1S/C11H16N2O2/c1-7-2-4-8(5-3-7)11(13)9(12)6-10(14)15/h2-5,9,11H,6,12-13H2,1H3,(H,14,15). The van der Waals surface area contributed by atoms with E-state index < -0.39 is 18.1 Å². The zero-order chi connectivity index (χ0) is 11.4. The molecule has 0 spiro atoms. The van der Waals surface area contributed by atoms with Gasteiger partial charge in [0.2, 0.25) is 0 Å². The monoisotopic (exact) mass is 208 g/mol. The van der Waals surface area contributed by atoms with Gasteiger partial charge in [-0.15, -0.1) is 0 Å². The highest BCUT2D eigenvalue weighted by Gasteiger charge is 2.17. The van der Waals surface area contributed by atoms with E-state index in [1.165, 1.54) is 0 Å². The first-order valence-electron chi connectivity index (χ1n) is 4.80. The summed E-state index contributed by atoms with van der Waals surface area (Å²) in [6.07, 6.45) is -0.116. The van der Waals surface area contributed by atoms with E-state index >= 15 is 0 Å². The molecule has 0 radical (unpaired) electrons. The van der Waals surface area contributed by atoms with Gasteiger partial charge in [-0.1, -0.05) is 29.8 Å². The van der Waals surface area contributed by atoms with Crippen molar-refractivity contribution in [2.75, 3.05) is 0 Å². The van der Waals surface area contributed by atoms with Crippen LogP contribution in [0.5, 0.6) is 0 Å². The third-order valence-electron chi connectivity index (χ3n) is 2.33. The molecule has 0 amide bonds. The molecule has 1 aromatic carbocycles. The second kappa shape index (κ2) is 4.91. The van der Waals surface area contributed by atoms with Crippen molar-refractivity contribution in [2.45, 2.75) is 25.4 Å². The van der Waals surface area contributed by atoms with Crippen molar-refractivity contribution < 1.29 is 9.90 Å². The molecule has 0 saturated heterocycles. The highest BCUT2D eigenvalue weighted by atomic mass is 16.4. The summed E-state index contributed by atoms with van der Waals surface area (Å²) in [6, 6.07) is 6.64. The summed E-state index contributed by atoms with van der Waals surface area (Å²) >= 11 is 0. The Morgan fingerprint density at radius 2 is 1.87 bits per heavy atom. The summed E-state index contributed by atoms with van der Waals surface area (Å²) in [5, 5.41) is 8.59. The van der Waals surface area contributed by atoms with Crippen molar-refractivity contribution in [3.63, 3.8) is 0 Å². The summed E-state index contributed by atoms with van der Waals surface area (Å²) < 4.78 is 0. The maximum atomic E-state index is 10.5. The van der Waals surface area contributed by atoms with E-state index in [9.17, 15) is 4.79 Å². The first-order valence-corrected chi connectivity index (χ1v) is 4.80. The number of rotatable bonds is 4. The molecule has 4 nitrogen and oxygen atoms in total. The molecule has 0 aliphatic rings. The SMILES string of the molecule is Cc1ccc(C(N)C(N)CC(=O)O)cc1. The number of carboxylic acids is 1. The molecule has 0 aliphatic carbocycles. The van der Waals surface area contributed by atoms with E-state index in [2.05, 4.69) is 0 Å². The smallest absolute Gasteiger partial charge is 0.304 e. The van der Waals surface area contributed by atoms with Crippen molar-refractivity contribution in [3.05, 3.63) is 35.4 Å². The Morgan fingerprint density at radius 1 is 1.33 bits per heavy atom. The van der Waals surface area contributed by atoms with Gasteiger partial charge >= 0.3 is 5.97 Å². The number of nitrogens with two attached hydrogens (primary N) is 2. The minimum absolute atomic E-state index is 0.116. The zero-order valence-electron chi connectivity index (χ0n) is 8.68. The number of carboxylic acid groups (broad SMARTS) is 1. The summed E-state index contributed by atoms with van der Waals surface area (Å²) in [5.74, 6) is -0.926. The summed E-state index contributed by atoms with van der Waals surface area (Å²) in [7, 11) is 0. The average Bonchev–Trinajstić information content (AvgIpc) is 2.17. The Labute approximate surface area is 88.9 Å². The molecule has 82 valence electrons. The van der Waals surface area contributed by atoms with E-state index in [-0.39, 0.29) is 6.42 Å². The number of aryl methyl sites for hydroxylation is 1. The Morgan fingerprint density at radius 3 is 2.33 bits per heavy atom. The van der Waals surface area contributed by atoms with Crippen LogP contribution in [0, 0.1) is 6.92 Å². The lowest BCUT2D eigenvalue weighted by Crippen LogP contribution is -2.35. The highest BCUT2D eigenvalue weighted by molar-refractivity contribution is 5.67. The Hall–Kier alpha value is -1.39. The van der Waals surface area contributed by atoms with Crippen LogP contribution in [0.15, 0.2) is 24.3 Å². The minimum Gasteiger partial charge on any atom is -0.481 e. The predicted octanol–water partition coefficient (Wildman–Crippen LogP) is 0.797. The fraction of sp³-hybridized carbons (Fsp3) is 0.364. The lowest BCUT2D eigenvalue weighted by atomic mass is 9.98. The summed E-state index contributed by atoms with van der Waals surface area (Å²) in [4.78, 5) is 10.5. The van der Waals surface area contributed by atoms with Gasteiger partial charge in [0.1, 0.15) is 0 Å².